The highest BCUT2D eigenvalue weighted by atomic mass is 19.4. The van der Waals surface area contributed by atoms with Crippen molar-refractivity contribution in [2.75, 3.05) is 0 Å². The van der Waals surface area contributed by atoms with Gasteiger partial charge in [0.25, 0.3) is 5.60 Å². The van der Waals surface area contributed by atoms with Crippen LogP contribution in [0.25, 0.3) is 0 Å². The third-order valence-corrected chi connectivity index (χ3v) is 10.0. The molecule has 3 rings (SSSR count). The molecule has 0 aromatic heterocycles. The first-order valence-electron chi connectivity index (χ1n) is 14.4. The Hall–Kier alpha value is -1.10. The van der Waals surface area contributed by atoms with Gasteiger partial charge in [-0.15, -0.1) is 0 Å². The van der Waals surface area contributed by atoms with Gasteiger partial charge in [0, 0.05) is 0 Å². The molecule has 0 radical (unpaired) electrons. The van der Waals surface area contributed by atoms with Crippen LogP contribution in [-0.4, -0.2) is 56.2 Å². The molecule has 4 N–H and O–H groups in total. The number of halogens is 6. The van der Waals surface area contributed by atoms with Gasteiger partial charge in [-0.25, -0.2) is 0 Å². The van der Waals surface area contributed by atoms with E-state index in [1.807, 2.05) is 19.1 Å². The van der Waals surface area contributed by atoms with Gasteiger partial charge in [0.1, 0.15) is 0 Å². The topological polar surface area (TPSA) is 80.9 Å². The number of hydrogen-bond acceptors (Lipinski definition) is 4. The zero-order valence-electron chi connectivity index (χ0n) is 24.0. The Morgan fingerprint density at radius 1 is 0.875 bits per heavy atom. The molecule has 0 aromatic rings. The van der Waals surface area contributed by atoms with Crippen LogP contribution < -0.4 is 0 Å². The van der Waals surface area contributed by atoms with Crippen molar-refractivity contribution < 1.29 is 46.8 Å². The molecule has 10 heteroatoms. The first-order chi connectivity index (χ1) is 18.1. The van der Waals surface area contributed by atoms with Crippen molar-refractivity contribution in [3.63, 3.8) is 0 Å². The van der Waals surface area contributed by atoms with Crippen LogP contribution in [0, 0.1) is 22.7 Å². The van der Waals surface area contributed by atoms with Gasteiger partial charge in [0.05, 0.1) is 17.8 Å². The molecule has 232 valence electrons. The Morgan fingerprint density at radius 3 is 1.98 bits per heavy atom. The lowest BCUT2D eigenvalue weighted by Gasteiger charge is -2.51. The Morgan fingerprint density at radius 2 is 1.45 bits per heavy atom. The number of rotatable bonds is 8. The first-order valence-corrected chi connectivity index (χ1v) is 14.4. The van der Waals surface area contributed by atoms with Gasteiger partial charge in [-0.1, -0.05) is 43.6 Å². The van der Waals surface area contributed by atoms with Crippen LogP contribution in [0.3, 0.4) is 0 Å². The SMILES string of the molecule is CC(C)(O)CCC[C@](C)(CC(O)(C(F)(F)F)C(F)(F)F)[C@H]1CCC2/C(=C/C=C3C[C@@H](O)C[C@H](O)C3)CCC[C@@]21C. The minimum absolute atomic E-state index is 0.0112. The summed E-state index contributed by atoms with van der Waals surface area (Å²) >= 11 is 0. The number of allylic oxidation sites excluding steroid dienone is 3. The van der Waals surface area contributed by atoms with E-state index in [1.54, 1.807) is 13.8 Å². The van der Waals surface area contributed by atoms with E-state index in [0.29, 0.717) is 38.5 Å². The average Bonchev–Trinajstić information content (AvgIpc) is 3.13. The normalized spacial score (nSPS) is 33.1. The lowest BCUT2D eigenvalue weighted by molar-refractivity contribution is -0.378. The van der Waals surface area contributed by atoms with Crippen molar-refractivity contribution >= 4 is 0 Å². The molecule has 0 amide bonds. The summed E-state index contributed by atoms with van der Waals surface area (Å²) in [5, 5.41) is 40.5. The second kappa shape index (κ2) is 11.5. The van der Waals surface area contributed by atoms with E-state index in [2.05, 4.69) is 0 Å². The van der Waals surface area contributed by atoms with E-state index in [4.69, 9.17) is 0 Å². The number of fused-ring (bicyclic) bond motifs is 1. The van der Waals surface area contributed by atoms with E-state index < -0.39 is 58.9 Å². The number of aliphatic hydroxyl groups is 4. The van der Waals surface area contributed by atoms with Crippen molar-refractivity contribution in [3.05, 3.63) is 23.3 Å². The van der Waals surface area contributed by atoms with Crippen LogP contribution in [0.15, 0.2) is 23.3 Å². The Kier molecular flexibility index (Phi) is 9.63. The highest BCUT2D eigenvalue weighted by Crippen LogP contribution is 2.65. The molecule has 0 aliphatic heterocycles. The Bertz CT molecular complexity index is 923. The summed E-state index contributed by atoms with van der Waals surface area (Å²) in [6.07, 6.45) is -5.68. The molecular formula is C30H46F6O4. The van der Waals surface area contributed by atoms with E-state index in [-0.39, 0.29) is 25.2 Å². The van der Waals surface area contributed by atoms with Gasteiger partial charge in [0.2, 0.25) is 0 Å². The molecule has 3 fully saturated rings. The van der Waals surface area contributed by atoms with Crippen LogP contribution in [-0.2, 0) is 0 Å². The molecule has 0 heterocycles. The van der Waals surface area contributed by atoms with Crippen LogP contribution in [0.4, 0.5) is 26.3 Å². The minimum atomic E-state index is -5.89. The molecule has 0 spiro atoms. The summed E-state index contributed by atoms with van der Waals surface area (Å²) in [6, 6.07) is 0. The summed E-state index contributed by atoms with van der Waals surface area (Å²) in [4.78, 5) is 0. The maximum absolute atomic E-state index is 13.9. The smallest absolute Gasteiger partial charge is 0.393 e. The van der Waals surface area contributed by atoms with E-state index in [9.17, 15) is 46.8 Å². The molecule has 3 aliphatic carbocycles. The summed E-state index contributed by atoms with van der Waals surface area (Å²) < 4.78 is 83.3. The summed E-state index contributed by atoms with van der Waals surface area (Å²) in [5.41, 5.74) is -6.00. The van der Waals surface area contributed by atoms with Gasteiger partial charge in [-0.05, 0) is 107 Å². The standard InChI is InChI=1S/C30H46F6O4/c1-25(2,39)12-6-13-26(3,18-28(40,29(31,32)33)30(34,35)36)24-11-10-23-20(7-5-14-27(23,24)4)9-8-19-15-21(37)17-22(38)16-19/h8-9,21-24,37-40H,5-7,10-18H2,1-4H3/b20-9+/t21-,22-,23?,24-,26-,27+/m1/s1. The number of alkyl halides is 6. The average molecular weight is 585 g/mol. The fourth-order valence-corrected chi connectivity index (χ4v) is 8.17. The maximum Gasteiger partial charge on any atom is 0.426 e. The zero-order valence-corrected chi connectivity index (χ0v) is 24.0. The van der Waals surface area contributed by atoms with Crippen molar-refractivity contribution in [1.29, 1.82) is 0 Å². The fourth-order valence-electron chi connectivity index (χ4n) is 8.17. The predicted molar refractivity (Wildman–Crippen MR) is 140 cm³/mol. The van der Waals surface area contributed by atoms with Gasteiger partial charge in [-0.2, -0.15) is 26.3 Å². The van der Waals surface area contributed by atoms with Crippen molar-refractivity contribution in [1.82, 2.24) is 0 Å². The largest absolute Gasteiger partial charge is 0.426 e. The third kappa shape index (κ3) is 7.09. The highest BCUT2D eigenvalue weighted by Gasteiger charge is 2.72. The third-order valence-electron chi connectivity index (χ3n) is 10.0. The second-order valence-electron chi connectivity index (χ2n) is 13.9. The lowest BCUT2D eigenvalue weighted by atomic mass is 9.54. The lowest BCUT2D eigenvalue weighted by Crippen LogP contribution is -2.60. The van der Waals surface area contributed by atoms with Crippen molar-refractivity contribution in [2.24, 2.45) is 22.7 Å². The van der Waals surface area contributed by atoms with E-state index in [1.165, 1.54) is 6.92 Å². The highest BCUT2D eigenvalue weighted by molar-refractivity contribution is 5.27. The fraction of sp³-hybridized carbons (Fsp3) is 0.867. The van der Waals surface area contributed by atoms with Crippen LogP contribution in [0.5, 0.6) is 0 Å². The van der Waals surface area contributed by atoms with Crippen LogP contribution in [0.2, 0.25) is 0 Å². The molecule has 3 aliphatic rings. The summed E-state index contributed by atoms with van der Waals surface area (Å²) in [6.45, 7) is 6.53. The molecule has 0 saturated heterocycles. The predicted octanol–water partition coefficient (Wildman–Crippen LogP) is 7.15. The van der Waals surface area contributed by atoms with Crippen molar-refractivity contribution in [2.45, 2.75) is 141 Å². The van der Waals surface area contributed by atoms with Crippen LogP contribution in [0.1, 0.15) is 105 Å². The molecule has 6 atom stereocenters. The second-order valence-corrected chi connectivity index (χ2v) is 13.9. The molecule has 0 bridgehead atoms. The number of hydrogen-bond donors (Lipinski definition) is 4. The monoisotopic (exact) mass is 584 g/mol. The Balaban J connectivity index is 1.97. The first kappa shape index (κ1) is 33.4. The quantitative estimate of drug-likeness (QED) is 0.228. The van der Waals surface area contributed by atoms with E-state index in [0.717, 1.165) is 24.0 Å². The van der Waals surface area contributed by atoms with Gasteiger partial charge in [-0.3, -0.25) is 0 Å². The Labute approximate surface area is 233 Å². The number of aliphatic hydroxyl groups excluding tert-OH is 2. The molecule has 0 aromatic carbocycles. The minimum Gasteiger partial charge on any atom is -0.393 e. The van der Waals surface area contributed by atoms with Crippen LogP contribution >= 0.6 is 0 Å². The molecule has 3 saturated carbocycles. The van der Waals surface area contributed by atoms with Gasteiger partial charge in [0.15, 0.2) is 0 Å². The van der Waals surface area contributed by atoms with E-state index >= 15 is 0 Å². The van der Waals surface area contributed by atoms with Gasteiger partial charge < -0.3 is 20.4 Å². The molecule has 1 unspecified atom stereocenters. The summed E-state index contributed by atoms with van der Waals surface area (Å²) in [7, 11) is 0. The van der Waals surface area contributed by atoms with Gasteiger partial charge >= 0.3 is 12.4 Å². The molecular weight excluding hydrogens is 538 g/mol. The maximum atomic E-state index is 13.9. The summed E-state index contributed by atoms with van der Waals surface area (Å²) in [5.74, 6) is -0.530. The zero-order chi connectivity index (χ0) is 30.4. The molecule has 40 heavy (non-hydrogen) atoms. The molecule has 4 nitrogen and oxygen atoms in total. The van der Waals surface area contributed by atoms with Crippen molar-refractivity contribution in [3.8, 4) is 0 Å².